The van der Waals surface area contributed by atoms with Gasteiger partial charge in [0.05, 0.1) is 24.3 Å². The van der Waals surface area contributed by atoms with Crippen molar-refractivity contribution in [3.63, 3.8) is 0 Å². The maximum atomic E-state index is 13.1. The third-order valence-electron chi connectivity index (χ3n) is 3.55. The second-order valence-corrected chi connectivity index (χ2v) is 5.70. The fraction of sp³-hybridized carbons (Fsp3) is 0.312. The Hall–Kier alpha value is -2.82. The maximum absolute atomic E-state index is 13.1. The molecule has 1 aromatic heterocycles. The normalized spacial score (nSPS) is 12.1. The van der Waals surface area contributed by atoms with Crippen molar-refractivity contribution in [1.82, 2.24) is 15.1 Å². The highest BCUT2D eigenvalue weighted by atomic mass is 19.4. The molecule has 0 saturated carbocycles. The predicted molar refractivity (Wildman–Crippen MR) is 85.9 cm³/mol. The number of aromatic nitrogens is 2. The summed E-state index contributed by atoms with van der Waals surface area (Å²) in [6, 6.07) is 5.05. The first-order valence-electron chi connectivity index (χ1n) is 7.59. The molecular formula is C16H15F5N4O2. The Bertz CT molecular complexity index is 908. The van der Waals surface area contributed by atoms with Crippen LogP contribution in [0.5, 0.6) is 0 Å². The number of nitrogens with two attached hydrogens (primary N) is 1. The zero-order valence-electron chi connectivity index (χ0n) is 14.0. The molecule has 0 radical (unpaired) electrons. The summed E-state index contributed by atoms with van der Waals surface area (Å²) < 4.78 is 65.9. The molecule has 0 aliphatic heterocycles. The highest BCUT2D eigenvalue weighted by Crippen LogP contribution is 2.30. The van der Waals surface area contributed by atoms with Gasteiger partial charge in [-0.1, -0.05) is 6.07 Å². The molecule has 0 saturated heterocycles. The largest absolute Gasteiger partial charge is 0.416 e. The standard InChI is InChI=1S/C16H15F5N4O2/c1-9-5-12(26)13(14(27)23-8-15(17,18)7-22)24-25(9)11-4-2-3-10(6-11)16(19,20)21/h2-6H,7-8,22H2,1H3,(H,23,27). The molecule has 11 heteroatoms. The van der Waals surface area contributed by atoms with Crippen molar-refractivity contribution in [3.8, 4) is 5.69 Å². The summed E-state index contributed by atoms with van der Waals surface area (Å²) in [7, 11) is 0. The van der Waals surface area contributed by atoms with E-state index >= 15 is 0 Å². The lowest BCUT2D eigenvalue weighted by atomic mass is 10.2. The summed E-state index contributed by atoms with van der Waals surface area (Å²) in [5.74, 6) is -4.56. The second kappa shape index (κ2) is 7.43. The summed E-state index contributed by atoms with van der Waals surface area (Å²) in [5, 5.41) is 5.58. The Kier molecular flexibility index (Phi) is 5.64. The molecule has 0 aliphatic rings. The van der Waals surface area contributed by atoms with Gasteiger partial charge in [-0.2, -0.15) is 18.3 Å². The molecule has 1 heterocycles. The number of halogens is 5. The van der Waals surface area contributed by atoms with E-state index in [1.807, 2.05) is 5.32 Å². The summed E-state index contributed by atoms with van der Waals surface area (Å²) in [5.41, 5.74) is 2.42. The number of hydrogen-bond acceptors (Lipinski definition) is 4. The zero-order valence-corrected chi connectivity index (χ0v) is 14.0. The smallest absolute Gasteiger partial charge is 0.344 e. The van der Waals surface area contributed by atoms with Gasteiger partial charge in [0.2, 0.25) is 5.43 Å². The summed E-state index contributed by atoms with van der Waals surface area (Å²) in [6.45, 7) is -0.719. The Morgan fingerprint density at radius 3 is 2.48 bits per heavy atom. The van der Waals surface area contributed by atoms with E-state index < -0.39 is 47.8 Å². The van der Waals surface area contributed by atoms with Crippen LogP contribution in [-0.4, -0.2) is 34.7 Å². The topological polar surface area (TPSA) is 90.0 Å². The van der Waals surface area contributed by atoms with Crippen LogP contribution in [0.3, 0.4) is 0 Å². The van der Waals surface area contributed by atoms with Crippen molar-refractivity contribution >= 4 is 5.91 Å². The third-order valence-corrected chi connectivity index (χ3v) is 3.55. The van der Waals surface area contributed by atoms with Gasteiger partial charge in [-0.25, -0.2) is 13.5 Å². The molecule has 6 nitrogen and oxygen atoms in total. The number of alkyl halides is 5. The first-order valence-corrected chi connectivity index (χ1v) is 7.59. The van der Waals surface area contributed by atoms with E-state index in [-0.39, 0.29) is 11.4 Å². The Morgan fingerprint density at radius 1 is 1.22 bits per heavy atom. The van der Waals surface area contributed by atoms with Crippen LogP contribution in [0, 0.1) is 6.92 Å². The van der Waals surface area contributed by atoms with Crippen LogP contribution in [0.1, 0.15) is 21.7 Å². The van der Waals surface area contributed by atoms with Gasteiger partial charge in [0.15, 0.2) is 5.69 Å². The molecule has 2 rings (SSSR count). The number of rotatable bonds is 5. The van der Waals surface area contributed by atoms with Crippen LogP contribution in [0.15, 0.2) is 35.1 Å². The predicted octanol–water partition coefficient (Wildman–Crippen LogP) is 1.88. The molecule has 2 aromatic rings. The van der Waals surface area contributed by atoms with Gasteiger partial charge in [-0.05, 0) is 25.1 Å². The van der Waals surface area contributed by atoms with E-state index in [0.29, 0.717) is 0 Å². The number of benzene rings is 1. The number of aryl methyl sites for hydroxylation is 1. The molecule has 0 unspecified atom stereocenters. The van der Waals surface area contributed by atoms with Crippen LogP contribution in [0.4, 0.5) is 22.0 Å². The van der Waals surface area contributed by atoms with Crippen LogP contribution in [-0.2, 0) is 6.18 Å². The number of nitrogens with one attached hydrogen (secondary N) is 1. The Labute approximate surface area is 149 Å². The lowest BCUT2D eigenvalue weighted by molar-refractivity contribution is -0.137. The van der Waals surface area contributed by atoms with E-state index in [9.17, 15) is 31.5 Å². The number of amides is 1. The minimum atomic E-state index is -4.60. The molecule has 1 aromatic carbocycles. The first kappa shape index (κ1) is 20.5. The van der Waals surface area contributed by atoms with Gasteiger partial charge in [0.25, 0.3) is 11.8 Å². The number of carbonyl (C=O) groups excluding carboxylic acids is 1. The van der Waals surface area contributed by atoms with Crippen LogP contribution < -0.4 is 16.5 Å². The number of hydrogen-bond donors (Lipinski definition) is 2. The lowest BCUT2D eigenvalue weighted by Gasteiger charge is -2.15. The highest BCUT2D eigenvalue weighted by Gasteiger charge is 2.31. The first-order chi connectivity index (χ1) is 12.4. The molecule has 0 bridgehead atoms. The lowest BCUT2D eigenvalue weighted by Crippen LogP contribution is -2.43. The van der Waals surface area contributed by atoms with Crippen molar-refractivity contribution < 1.29 is 26.7 Å². The monoisotopic (exact) mass is 390 g/mol. The molecule has 0 aliphatic carbocycles. The molecule has 27 heavy (non-hydrogen) atoms. The van der Waals surface area contributed by atoms with Crippen LogP contribution in [0.2, 0.25) is 0 Å². The molecule has 0 atom stereocenters. The summed E-state index contributed by atoms with van der Waals surface area (Å²) in [4.78, 5) is 24.0. The molecule has 0 fully saturated rings. The van der Waals surface area contributed by atoms with E-state index in [2.05, 4.69) is 5.10 Å². The average Bonchev–Trinajstić information content (AvgIpc) is 2.59. The van der Waals surface area contributed by atoms with Gasteiger partial charge < -0.3 is 11.1 Å². The summed E-state index contributed by atoms with van der Waals surface area (Å²) >= 11 is 0. The van der Waals surface area contributed by atoms with E-state index in [1.165, 1.54) is 13.0 Å². The minimum Gasteiger partial charge on any atom is -0.344 e. The molecule has 3 N–H and O–H groups in total. The van der Waals surface area contributed by atoms with Gasteiger partial charge in [0, 0.05) is 11.8 Å². The van der Waals surface area contributed by atoms with Gasteiger partial charge in [0.1, 0.15) is 0 Å². The summed E-state index contributed by atoms with van der Waals surface area (Å²) in [6.07, 6.45) is -4.60. The quantitative estimate of drug-likeness (QED) is 0.763. The molecular weight excluding hydrogens is 375 g/mol. The SMILES string of the molecule is Cc1cc(=O)c(C(=O)NCC(F)(F)CN)nn1-c1cccc(C(F)(F)F)c1. The number of nitrogens with zero attached hydrogens (tertiary/aromatic N) is 2. The Morgan fingerprint density at radius 2 is 1.89 bits per heavy atom. The van der Waals surface area contributed by atoms with E-state index in [1.54, 1.807) is 0 Å². The van der Waals surface area contributed by atoms with Gasteiger partial charge in [-0.15, -0.1) is 0 Å². The Balaban J connectivity index is 2.42. The van der Waals surface area contributed by atoms with Crippen LogP contribution in [0.25, 0.3) is 5.69 Å². The minimum absolute atomic E-state index is 0.0522. The fourth-order valence-corrected chi connectivity index (χ4v) is 2.15. The fourth-order valence-electron chi connectivity index (χ4n) is 2.15. The van der Waals surface area contributed by atoms with E-state index in [4.69, 9.17) is 5.73 Å². The third kappa shape index (κ3) is 4.88. The molecule has 0 spiro atoms. The van der Waals surface area contributed by atoms with Crippen molar-refractivity contribution in [2.24, 2.45) is 5.73 Å². The van der Waals surface area contributed by atoms with Crippen molar-refractivity contribution in [2.75, 3.05) is 13.1 Å². The second-order valence-electron chi connectivity index (χ2n) is 5.70. The van der Waals surface area contributed by atoms with Crippen LogP contribution >= 0.6 is 0 Å². The van der Waals surface area contributed by atoms with Crippen molar-refractivity contribution in [3.05, 3.63) is 57.5 Å². The molecule has 146 valence electrons. The zero-order chi connectivity index (χ0) is 20.4. The van der Waals surface area contributed by atoms with Gasteiger partial charge in [-0.3, -0.25) is 9.59 Å². The maximum Gasteiger partial charge on any atom is 0.416 e. The average molecular weight is 390 g/mol. The highest BCUT2D eigenvalue weighted by molar-refractivity contribution is 5.92. The van der Waals surface area contributed by atoms with E-state index in [0.717, 1.165) is 28.9 Å². The van der Waals surface area contributed by atoms with Gasteiger partial charge >= 0.3 is 6.18 Å². The number of carbonyl (C=O) groups is 1. The van der Waals surface area contributed by atoms with Crippen molar-refractivity contribution in [2.45, 2.75) is 19.0 Å². The molecule has 1 amide bonds. The van der Waals surface area contributed by atoms with Crippen molar-refractivity contribution in [1.29, 1.82) is 0 Å².